The van der Waals surface area contributed by atoms with Crippen LogP contribution < -0.4 is 10.9 Å². The van der Waals surface area contributed by atoms with Crippen molar-refractivity contribution in [2.24, 2.45) is 0 Å². The largest absolute Gasteiger partial charge is 0.451 e. The zero-order chi connectivity index (χ0) is 21.3. The van der Waals surface area contributed by atoms with Crippen molar-refractivity contribution in [1.29, 1.82) is 0 Å². The highest BCUT2D eigenvalue weighted by Gasteiger charge is 2.21. The van der Waals surface area contributed by atoms with Crippen molar-refractivity contribution in [3.8, 4) is 0 Å². The van der Waals surface area contributed by atoms with E-state index in [0.717, 1.165) is 10.4 Å². The quantitative estimate of drug-likeness (QED) is 0.617. The normalized spacial score (nSPS) is 12.3. The van der Waals surface area contributed by atoms with E-state index in [0.29, 0.717) is 16.0 Å². The van der Waals surface area contributed by atoms with E-state index in [1.807, 2.05) is 27.7 Å². The SMILES string of the molecule is Cc1sc2ncn(CC(=O)O[C@H](C)C(=O)Nc3ccnn3C(C)C)c(=O)c2c1C. The fourth-order valence-electron chi connectivity index (χ4n) is 2.86. The molecule has 0 spiro atoms. The summed E-state index contributed by atoms with van der Waals surface area (Å²) in [6, 6.07) is 1.73. The number of rotatable bonds is 6. The molecule has 0 aliphatic rings. The number of carbonyl (C=O) groups is 2. The van der Waals surface area contributed by atoms with E-state index in [-0.39, 0.29) is 18.1 Å². The molecule has 29 heavy (non-hydrogen) atoms. The first kappa shape index (κ1) is 20.7. The van der Waals surface area contributed by atoms with Crippen LogP contribution in [0.2, 0.25) is 0 Å². The molecule has 3 rings (SSSR count). The molecule has 3 aromatic heterocycles. The van der Waals surface area contributed by atoms with E-state index < -0.39 is 18.0 Å². The molecular weight excluding hydrogens is 394 g/mol. The molecule has 1 N–H and O–H groups in total. The Morgan fingerprint density at radius 3 is 2.69 bits per heavy atom. The molecule has 3 heterocycles. The van der Waals surface area contributed by atoms with Gasteiger partial charge in [0.2, 0.25) is 0 Å². The highest BCUT2D eigenvalue weighted by atomic mass is 32.1. The lowest BCUT2D eigenvalue weighted by Gasteiger charge is -2.16. The van der Waals surface area contributed by atoms with Gasteiger partial charge in [0.05, 0.1) is 17.9 Å². The van der Waals surface area contributed by atoms with Gasteiger partial charge in [-0.2, -0.15) is 5.10 Å². The number of aromatic nitrogens is 4. The number of thiophene rings is 1. The minimum atomic E-state index is -1.03. The van der Waals surface area contributed by atoms with Gasteiger partial charge in [-0.3, -0.25) is 19.0 Å². The second-order valence-corrected chi connectivity index (χ2v) is 8.22. The predicted molar refractivity (Wildman–Crippen MR) is 110 cm³/mol. The van der Waals surface area contributed by atoms with Crippen LogP contribution in [-0.2, 0) is 20.9 Å². The van der Waals surface area contributed by atoms with E-state index in [2.05, 4.69) is 15.4 Å². The van der Waals surface area contributed by atoms with Crippen LogP contribution in [0.4, 0.5) is 5.82 Å². The van der Waals surface area contributed by atoms with E-state index in [9.17, 15) is 14.4 Å². The van der Waals surface area contributed by atoms with Gasteiger partial charge in [-0.25, -0.2) is 9.67 Å². The Bertz CT molecular complexity index is 1130. The molecule has 0 saturated heterocycles. The van der Waals surface area contributed by atoms with Crippen LogP contribution in [0.15, 0.2) is 23.4 Å². The van der Waals surface area contributed by atoms with Crippen LogP contribution in [0.3, 0.4) is 0 Å². The maximum Gasteiger partial charge on any atom is 0.326 e. The summed E-state index contributed by atoms with van der Waals surface area (Å²) >= 11 is 1.44. The first-order valence-corrected chi connectivity index (χ1v) is 9.99. The van der Waals surface area contributed by atoms with E-state index in [1.54, 1.807) is 16.9 Å². The Balaban J connectivity index is 1.67. The number of hydrogen-bond acceptors (Lipinski definition) is 7. The molecule has 0 fully saturated rings. The standard InChI is InChI=1S/C19H23N5O4S/c1-10(2)24-14(6-7-21-24)22-17(26)12(4)28-15(25)8-23-9-20-18-16(19(23)27)11(3)13(5)29-18/h6-7,9-10,12H,8H2,1-5H3,(H,22,26)/t12-/m1/s1. The summed E-state index contributed by atoms with van der Waals surface area (Å²) in [5.41, 5.74) is 0.562. The monoisotopic (exact) mass is 417 g/mol. The zero-order valence-corrected chi connectivity index (χ0v) is 17.7. The van der Waals surface area contributed by atoms with Gasteiger partial charge in [0, 0.05) is 17.0 Å². The third-order valence-corrected chi connectivity index (χ3v) is 5.66. The van der Waals surface area contributed by atoms with Crippen LogP contribution in [0, 0.1) is 13.8 Å². The van der Waals surface area contributed by atoms with Crippen LogP contribution in [-0.4, -0.2) is 37.3 Å². The predicted octanol–water partition coefficient (Wildman–Crippen LogP) is 2.42. The molecule has 0 saturated carbocycles. The van der Waals surface area contributed by atoms with Crippen molar-refractivity contribution in [2.75, 3.05) is 5.32 Å². The van der Waals surface area contributed by atoms with Gasteiger partial charge in [-0.1, -0.05) is 0 Å². The van der Waals surface area contributed by atoms with Gasteiger partial charge < -0.3 is 10.1 Å². The third kappa shape index (κ3) is 4.21. The van der Waals surface area contributed by atoms with Crippen molar-refractivity contribution >= 4 is 39.2 Å². The summed E-state index contributed by atoms with van der Waals surface area (Å²) < 4.78 is 8.05. The van der Waals surface area contributed by atoms with Crippen LogP contribution in [0.5, 0.6) is 0 Å². The average molecular weight is 417 g/mol. The van der Waals surface area contributed by atoms with E-state index in [4.69, 9.17) is 4.74 Å². The maximum absolute atomic E-state index is 12.7. The van der Waals surface area contributed by atoms with Crippen molar-refractivity contribution in [2.45, 2.75) is 53.3 Å². The van der Waals surface area contributed by atoms with Crippen LogP contribution in [0.1, 0.15) is 37.3 Å². The maximum atomic E-state index is 12.7. The summed E-state index contributed by atoms with van der Waals surface area (Å²) in [4.78, 5) is 43.2. The summed E-state index contributed by atoms with van der Waals surface area (Å²) in [5, 5.41) is 7.34. The lowest BCUT2D eigenvalue weighted by atomic mass is 10.2. The Hall–Kier alpha value is -3.01. The molecular formula is C19H23N5O4S. The molecule has 0 aromatic carbocycles. The zero-order valence-electron chi connectivity index (χ0n) is 16.9. The van der Waals surface area contributed by atoms with Gasteiger partial charge in [0.1, 0.15) is 17.2 Å². The fraction of sp³-hybridized carbons (Fsp3) is 0.421. The number of nitrogens with one attached hydrogen (secondary N) is 1. The molecule has 1 amide bonds. The number of carbonyl (C=O) groups excluding carboxylic acids is 2. The second-order valence-electron chi connectivity index (χ2n) is 7.02. The van der Waals surface area contributed by atoms with E-state index in [1.165, 1.54) is 29.2 Å². The van der Waals surface area contributed by atoms with Gasteiger partial charge in [-0.15, -0.1) is 11.3 Å². The molecule has 0 unspecified atom stereocenters. The number of fused-ring (bicyclic) bond motifs is 1. The summed E-state index contributed by atoms with van der Waals surface area (Å²) in [6.07, 6.45) is 1.87. The van der Waals surface area contributed by atoms with Crippen molar-refractivity contribution in [3.63, 3.8) is 0 Å². The minimum Gasteiger partial charge on any atom is -0.451 e. The molecule has 10 heteroatoms. The molecule has 1 atom stereocenters. The highest BCUT2D eigenvalue weighted by molar-refractivity contribution is 7.18. The van der Waals surface area contributed by atoms with Crippen molar-refractivity contribution in [1.82, 2.24) is 19.3 Å². The Kier molecular flexibility index (Phi) is 5.83. The number of hydrogen-bond donors (Lipinski definition) is 1. The number of esters is 1. The smallest absolute Gasteiger partial charge is 0.326 e. The Morgan fingerprint density at radius 1 is 1.28 bits per heavy atom. The first-order valence-electron chi connectivity index (χ1n) is 9.18. The number of amides is 1. The minimum absolute atomic E-state index is 0.0663. The molecule has 3 aromatic rings. The Morgan fingerprint density at radius 2 is 2.00 bits per heavy atom. The van der Waals surface area contributed by atoms with E-state index >= 15 is 0 Å². The number of anilines is 1. The molecule has 0 aliphatic carbocycles. The summed E-state index contributed by atoms with van der Waals surface area (Å²) in [5.74, 6) is -0.661. The van der Waals surface area contributed by atoms with Gasteiger partial charge in [0.25, 0.3) is 11.5 Å². The van der Waals surface area contributed by atoms with Crippen LogP contribution >= 0.6 is 11.3 Å². The van der Waals surface area contributed by atoms with Crippen molar-refractivity contribution in [3.05, 3.63) is 39.4 Å². The third-order valence-electron chi connectivity index (χ3n) is 4.54. The summed E-state index contributed by atoms with van der Waals surface area (Å²) in [6.45, 7) is 8.80. The summed E-state index contributed by atoms with van der Waals surface area (Å²) in [7, 11) is 0. The molecule has 154 valence electrons. The lowest BCUT2D eigenvalue weighted by Crippen LogP contribution is -2.33. The molecule has 0 bridgehead atoms. The molecule has 0 aliphatic heterocycles. The second kappa shape index (κ2) is 8.16. The number of aryl methyl sites for hydroxylation is 2. The number of nitrogens with zero attached hydrogens (tertiary/aromatic N) is 4. The van der Waals surface area contributed by atoms with Gasteiger partial charge in [-0.05, 0) is 40.2 Å². The highest BCUT2D eigenvalue weighted by Crippen LogP contribution is 2.25. The van der Waals surface area contributed by atoms with Crippen LogP contribution in [0.25, 0.3) is 10.2 Å². The Labute approximate surface area is 171 Å². The fourth-order valence-corrected chi connectivity index (χ4v) is 3.85. The van der Waals surface area contributed by atoms with Crippen molar-refractivity contribution < 1.29 is 14.3 Å². The average Bonchev–Trinajstić information content (AvgIpc) is 3.22. The van der Waals surface area contributed by atoms with Gasteiger partial charge in [0.15, 0.2) is 6.10 Å². The molecule has 0 radical (unpaired) electrons. The first-order chi connectivity index (χ1) is 13.7. The molecule has 9 nitrogen and oxygen atoms in total. The number of ether oxygens (including phenoxy) is 1. The van der Waals surface area contributed by atoms with Gasteiger partial charge >= 0.3 is 5.97 Å². The topological polar surface area (TPSA) is 108 Å². The lowest BCUT2D eigenvalue weighted by molar-refractivity contribution is -0.153.